The number of nitrogens with zero attached hydrogens (tertiary/aromatic N) is 1. The van der Waals surface area contributed by atoms with Gasteiger partial charge in [0.15, 0.2) is 10.8 Å². The first-order valence-corrected chi connectivity index (χ1v) is 9.28. The topological polar surface area (TPSA) is 90.8 Å². The number of benzene rings is 2. The molecule has 1 heterocycles. The van der Waals surface area contributed by atoms with Gasteiger partial charge < -0.3 is 0 Å². The highest BCUT2D eigenvalue weighted by molar-refractivity contribution is 8.41. The van der Waals surface area contributed by atoms with Gasteiger partial charge in [0.25, 0.3) is 0 Å². The minimum atomic E-state index is -4.55. The Balaban J connectivity index is 2.07. The smallest absolute Gasteiger partial charge is 0.175 e. The summed E-state index contributed by atoms with van der Waals surface area (Å²) in [6.07, 6.45) is 0. The normalized spacial score (nSPS) is 18.4. The molecule has 3 rings (SSSR count). The van der Waals surface area contributed by atoms with Gasteiger partial charge >= 0.3 is 0 Å². The van der Waals surface area contributed by atoms with Gasteiger partial charge in [-0.2, -0.15) is 14.0 Å². The molecule has 0 N–H and O–H groups in total. The van der Waals surface area contributed by atoms with E-state index in [1.54, 1.807) is 12.1 Å². The van der Waals surface area contributed by atoms with E-state index < -0.39 is 21.0 Å². The first-order chi connectivity index (χ1) is 10.5. The summed E-state index contributed by atoms with van der Waals surface area (Å²) in [5.74, 6) is 0. The van der Waals surface area contributed by atoms with Gasteiger partial charge in [0.2, 0.25) is 0 Å². The molecule has 2 aromatic carbocycles. The van der Waals surface area contributed by atoms with Crippen LogP contribution in [0.1, 0.15) is 11.1 Å². The van der Waals surface area contributed by atoms with Gasteiger partial charge in [-0.15, -0.1) is 0 Å². The van der Waals surface area contributed by atoms with Gasteiger partial charge in [0.05, 0.1) is 10.2 Å². The van der Waals surface area contributed by atoms with E-state index >= 15 is 0 Å². The Morgan fingerprint density at radius 2 is 1.41 bits per heavy atom. The van der Waals surface area contributed by atoms with Gasteiger partial charge in [-0.25, -0.2) is 4.40 Å². The molecule has 0 bridgehead atoms. The average molecular weight is 356 g/mol. The standard InChI is InChI=1S/C14H10ClNO4S2/c17-15(18,19)20-22-13(11-7-3-1-4-8-11)16-21-14(22)12-9-5-2-6-10-12/h1-10H. The highest BCUT2D eigenvalue weighted by Gasteiger charge is 2.34. The van der Waals surface area contributed by atoms with Crippen molar-refractivity contribution in [3.05, 3.63) is 71.8 Å². The fourth-order valence-electron chi connectivity index (χ4n) is 1.85. The van der Waals surface area contributed by atoms with Crippen LogP contribution in [0, 0.1) is 10.2 Å². The van der Waals surface area contributed by atoms with Gasteiger partial charge in [-0.3, -0.25) is 0 Å². The summed E-state index contributed by atoms with van der Waals surface area (Å²) in [4.78, 5) is 0. The van der Waals surface area contributed by atoms with E-state index in [-0.39, 0.29) is 0 Å². The van der Waals surface area contributed by atoms with Crippen LogP contribution in [-0.2, 0) is 3.74 Å². The molecule has 5 nitrogen and oxygen atoms in total. The van der Waals surface area contributed by atoms with Gasteiger partial charge in [0, 0.05) is 17.5 Å². The molecule has 1 unspecified atom stereocenters. The molecule has 0 amide bonds. The van der Waals surface area contributed by atoms with E-state index in [9.17, 15) is 14.0 Å². The van der Waals surface area contributed by atoms with Gasteiger partial charge in [0.1, 0.15) is 13.0 Å². The Hall–Kier alpha value is -1.19. The lowest BCUT2D eigenvalue weighted by Crippen LogP contribution is -2.60. The van der Waals surface area contributed by atoms with Crippen molar-refractivity contribution in [1.82, 2.24) is 0 Å². The summed E-state index contributed by atoms with van der Waals surface area (Å²) < 4.78 is 42.9. The lowest BCUT2D eigenvalue weighted by atomic mass is 10.2. The molecule has 2 aromatic rings. The molecule has 22 heavy (non-hydrogen) atoms. The second-order valence-electron chi connectivity index (χ2n) is 4.22. The largest absolute Gasteiger partial charge is 0.201 e. The molecule has 0 aromatic heterocycles. The van der Waals surface area contributed by atoms with Crippen molar-refractivity contribution in [2.45, 2.75) is 0 Å². The number of hydrogen-bond acceptors (Lipinski definition) is 6. The fraction of sp³-hybridized carbons (Fsp3) is 0. The Morgan fingerprint density at radius 1 is 0.864 bits per heavy atom. The summed E-state index contributed by atoms with van der Waals surface area (Å²) in [6.45, 7) is 0. The molecule has 8 heteroatoms. The Morgan fingerprint density at radius 3 is 1.95 bits per heavy atom. The summed E-state index contributed by atoms with van der Waals surface area (Å²) in [6, 6.07) is 18.2. The van der Waals surface area contributed by atoms with Crippen LogP contribution in [0.2, 0.25) is 0 Å². The molecular weight excluding hydrogens is 346 g/mol. The Kier molecular flexibility index (Phi) is 4.65. The van der Waals surface area contributed by atoms with Crippen LogP contribution >= 0.6 is 22.7 Å². The van der Waals surface area contributed by atoms with Crippen molar-refractivity contribution >= 4 is 32.0 Å². The third kappa shape index (κ3) is 3.58. The molecular formula is C14H10ClNO4S2. The molecule has 0 saturated heterocycles. The van der Waals surface area contributed by atoms with Crippen molar-refractivity contribution < 1.29 is 28.0 Å². The van der Waals surface area contributed by atoms with E-state index in [0.717, 1.165) is 23.1 Å². The average Bonchev–Trinajstić information content (AvgIpc) is 2.90. The molecule has 0 fully saturated rings. The summed E-state index contributed by atoms with van der Waals surface area (Å²) in [5, 5.41) is 0.441. The second kappa shape index (κ2) is 6.51. The highest BCUT2D eigenvalue weighted by atomic mass is 35.7. The summed E-state index contributed by atoms with van der Waals surface area (Å²) >= 11 is 1.13. The number of halogens is 1. The zero-order valence-corrected chi connectivity index (χ0v) is 13.4. The molecule has 0 aliphatic carbocycles. The maximum Gasteiger partial charge on any atom is 0.175 e. The molecule has 0 spiro atoms. The predicted octanol–water partition coefficient (Wildman–Crippen LogP) is 0.371. The third-order valence-electron chi connectivity index (χ3n) is 2.73. The molecule has 0 saturated carbocycles. The van der Waals surface area contributed by atoms with Crippen LogP contribution in [0.25, 0.3) is 0 Å². The van der Waals surface area contributed by atoms with Crippen molar-refractivity contribution in [3.63, 3.8) is 0 Å². The Labute approximate surface area is 136 Å². The molecule has 1 aliphatic heterocycles. The third-order valence-corrected chi connectivity index (χ3v) is 6.57. The van der Waals surface area contributed by atoms with Gasteiger partial charge in [-0.1, -0.05) is 60.7 Å². The van der Waals surface area contributed by atoms with Crippen molar-refractivity contribution in [2.24, 2.45) is 4.40 Å². The lowest BCUT2D eigenvalue weighted by molar-refractivity contribution is -1.91. The molecule has 114 valence electrons. The maximum absolute atomic E-state index is 11.1. The SMILES string of the molecule is [O-][Cl+3]([O-])([O-])OS1=C(c2ccccc2)SN=C1c1ccccc1. The van der Waals surface area contributed by atoms with Crippen LogP contribution in [0.4, 0.5) is 0 Å². The van der Waals surface area contributed by atoms with E-state index in [0.29, 0.717) is 9.24 Å². The minimum absolute atomic E-state index is 0.441. The maximum atomic E-state index is 11.1. The number of hydrogen-bond donors (Lipinski definition) is 0. The van der Waals surface area contributed by atoms with Crippen molar-refractivity contribution in [2.75, 3.05) is 0 Å². The molecule has 1 aliphatic rings. The van der Waals surface area contributed by atoms with E-state index in [4.69, 9.17) is 3.74 Å². The minimum Gasteiger partial charge on any atom is -0.201 e. The first kappa shape index (κ1) is 15.7. The lowest BCUT2D eigenvalue weighted by Gasteiger charge is -2.14. The zero-order valence-electron chi connectivity index (χ0n) is 11.0. The summed E-state index contributed by atoms with van der Waals surface area (Å²) in [5.41, 5.74) is 1.51. The zero-order chi connectivity index (χ0) is 15.6. The fourth-order valence-corrected chi connectivity index (χ4v) is 5.56. The van der Waals surface area contributed by atoms with Crippen molar-refractivity contribution in [1.29, 1.82) is 0 Å². The predicted molar refractivity (Wildman–Crippen MR) is 79.8 cm³/mol. The molecule has 0 radical (unpaired) electrons. The monoisotopic (exact) mass is 355 g/mol. The quantitative estimate of drug-likeness (QED) is 0.584. The number of rotatable bonds is 4. The van der Waals surface area contributed by atoms with Crippen LogP contribution in [-0.4, -0.2) is 9.24 Å². The highest BCUT2D eigenvalue weighted by Crippen LogP contribution is 2.40. The molecule has 1 atom stereocenters. The van der Waals surface area contributed by atoms with Gasteiger partial charge in [-0.05, 0) is 5.56 Å². The Bertz CT molecular complexity index is 730. The van der Waals surface area contributed by atoms with E-state index in [1.165, 1.54) is 0 Å². The first-order valence-electron chi connectivity index (χ1n) is 6.12. The van der Waals surface area contributed by atoms with Crippen LogP contribution in [0.15, 0.2) is 65.1 Å². The van der Waals surface area contributed by atoms with E-state index in [2.05, 4.69) is 4.40 Å². The van der Waals surface area contributed by atoms with E-state index in [1.807, 2.05) is 48.5 Å². The summed E-state index contributed by atoms with van der Waals surface area (Å²) in [7, 11) is -5.91. The van der Waals surface area contributed by atoms with Crippen LogP contribution < -0.4 is 14.0 Å². The van der Waals surface area contributed by atoms with Crippen molar-refractivity contribution in [3.8, 4) is 0 Å². The van der Waals surface area contributed by atoms with Crippen LogP contribution in [0.3, 0.4) is 0 Å². The second-order valence-corrected chi connectivity index (χ2v) is 7.84. The van der Waals surface area contributed by atoms with Crippen LogP contribution in [0.5, 0.6) is 0 Å².